The Morgan fingerprint density at radius 1 is 1.00 bits per heavy atom. The van der Waals surface area contributed by atoms with E-state index in [-0.39, 0.29) is 18.4 Å². The summed E-state index contributed by atoms with van der Waals surface area (Å²) in [6, 6.07) is 24.6. The summed E-state index contributed by atoms with van der Waals surface area (Å²) in [5.41, 5.74) is 2.35. The number of hydrogen-bond acceptors (Lipinski definition) is 3. The molecule has 1 atom stereocenters. The third kappa shape index (κ3) is 3.87. The average molecular weight is 459 g/mol. The largest absolute Gasteiger partial charge is 0.350 e. The number of para-hydroxylation sites is 2. The van der Waals surface area contributed by atoms with E-state index in [9.17, 15) is 9.59 Å². The molecule has 5 rings (SSSR count). The number of amides is 2. The quantitative estimate of drug-likeness (QED) is 0.481. The van der Waals surface area contributed by atoms with Crippen LogP contribution in [0.25, 0.3) is 11.0 Å². The van der Waals surface area contributed by atoms with E-state index in [2.05, 4.69) is 10.3 Å². The van der Waals surface area contributed by atoms with Gasteiger partial charge in [0.1, 0.15) is 5.54 Å². The minimum atomic E-state index is -1.11. The summed E-state index contributed by atoms with van der Waals surface area (Å²) in [4.78, 5) is 33.5. The van der Waals surface area contributed by atoms with Crippen molar-refractivity contribution in [3.63, 3.8) is 0 Å². The molecule has 2 amide bonds. The first-order chi connectivity index (χ1) is 16.0. The highest BCUT2D eigenvalue weighted by molar-refractivity contribution is 6.30. The Morgan fingerprint density at radius 2 is 1.70 bits per heavy atom. The zero-order valence-corrected chi connectivity index (χ0v) is 18.9. The summed E-state index contributed by atoms with van der Waals surface area (Å²) in [5.74, 6) is -0.139. The van der Waals surface area contributed by atoms with Gasteiger partial charge in [-0.05, 0) is 42.3 Å². The molecular weight excluding hydrogens is 436 g/mol. The van der Waals surface area contributed by atoms with Gasteiger partial charge in [-0.25, -0.2) is 4.98 Å². The van der Waals surface area contributed by atoms with E-state index in [0.29, 0.717) is 23.9 Å². The third-order valence-electron chi connectivity index (χ3n) is 6.19. The van der Waals surface area contributed by atoms with Gasteiger partial charge in [0.15, 0.2) is 5.82 Å². The van der Waals surface area contributed by atoms with Crippen molar-refractivity contribution in [2.45, 2.75) is 32.1 Å². The van der Waals surface area contributed by atoms with Gasteiger partial charge in [-0.1, -0.05) is 66.2 Å². The monoisotopic (exact) mass is 458 g/mol. The minimum Gasteiger partial charge on any atom is -0.350 e. The molecule has 3 aromatic carbocycles. The molecule has 1 aliphatic heterocycles. The number of imidazole rings is 1. The van der Waals surface area contributed by atoms with Gasteiger partial charge >= 0.3 is 0 Å². The van der Waals surface area contributed by atoms with E-state index >= 15 is 0 Å². The Kier molecular flexibility index (Phi) is 5.38. The Morgan fingerprint density at radius 3 is 2.45 bits per heavy atom. The van der Waals surface area contributed by atoms with Crippen LogP contribution >= 0.6 is 11.6 Å². The molecule has 0 aliphatic carbocycles. The van der Waals surface area contributed by atoms with Crippen molar-refractivity contribution in [3.8, 4) is 0 Å². The number of benzene rings is 3. The molecular formula is C26H23ClN4O2. The molecule has 1 N–H and O–H groups in total. The predicted molar refractivity (Wildman–Crippen MR) is 128 cm³/mol. The summed E-state index contributed by atoms with van der Waals surface area (Å²) >= 11 is 6.04. The molecule has 6 nitrogen and oxygen atoms in total. The van der Waals surface area contributed by atoms with E-state index in [0.717, 1.165) is 22.2 Å². The molecule has 2 heterocycles. The Balaban J connectivity index is 1.53. The van der Waals surface area contributed by atoms with Crippen LogP contribution in [0.3, 0.4) is 0 Å². The van der Waals surface area contributed by atoms with Crippen LogP contribution in [-0.4, -0.2) is 31.8 Å². The van der Waals surface area contributed by atoms with Gasteiger partial charge in [0.25, 0.3) is 5.91 Å². The molecule has 4 aromatic rings. The summed E-state index contributed by atoms with van der Waals surface area (Å²) < 4.78 is 1.86. The molecule has 0 saturated heterocycles. The number of rotatable bonds is 5. The van der Waals surface area contributed by atoms with Crippen molar-refractivity contribution in [1.82, 2.24) is 19.8 Å². The summed E-state index contributed by atoms with van der Waals surface area (Å²) in [6.07, 6.45) is 0. The van der Waals surface area contributed by atoms with Crippen molar-refractivity contribution in [2.75, 3.05) is 0 Å². The van der Waals surface area contributed by atoms with Gasteiger partial charge < -0.3 is 14.8 Å². The van der Waals surface area contributed by atoms with Crippen molar-refractivity contribution >= 4 is 34.4 Å². The zero-order chi connectivity index (χ0) is 23.0. The second-order valence-corrected chi connectivity index (χ2v) is 8.91. The van der Waals surface area contributed by atoms with Crippen LogP contribution < -0.4 is 5.32 Å². The van der Waals surface area contributed by atoms with Crippen LogP contribution in [0.1, 0.15) is 28.7 Å². The van der Waals surface area contributed by atoms with Crippen LogP contribution in [-0.2, 0) is 24.4 Å². The third-order valence-corrected chi connectivity index (χ3v) is 6.44. The highest BCUT2D eigenvalue weighted by atomic mass is 35.5. The van der Waals surface area contributed by atoms with E-state index in [4.69, 9.17) is 11.6 Å². The number of aromatic nitrogens is 2. The van der Waals surface area contributed by atoms with Crippen molar-refractivity contribution < 1.29 is 9.59 Å². The molecule has 166 valence electrons. The smallest absolute Gasteiger partial charge is 0.291 e. The highest BCUT2D eigenvalue weighted by Gasteiger charge is 2.48. The number of halogens is 1. The van der Waals surface area contributed by atoms with Crippen molar-refractivity contribution in [1.29, 1.82) is 0 Å². The summed E-state index contributed by atoms with van der Waals surface area (Å²) in [7, 11) is 0. The predicted octanol–water partition coefficient (Wildman–Crippen LogP) is 4.42. The first-order valence-corrected chi connectivity index (χ1v) is 11.2. The maximum absolute atomic E-state index is 13.7. The van der Waals surface area contributed by atoms with Gasteiger partial charge in [0.2, 0.25) is 5.91 Å². The fraction of sp³-hybridized carbons (Fsp3) is 0.192. The van der Waals surface area contributed by atoms with Crippen LogP contribution in [0.5, 0.6) is 0 Å². The molecule has 0 bridgehead atoms. The number of nitrogens with one attached hydrogen (secondary N) is 1. The normalized spacial score (nSPS) is 17.8. The number of fused-ring (bicyclic) bond motifs is 3. The van der Waals surface area contributed by atoms with Crippen LogP contribution in [0.4, 0.5) is 0 Å². The first kappa shape index (κ1) is 21.2. The maximum Gasteiger partial charge on any atom is 0.291 e. The average Bonchev–Trinajstić information content (AvgIpc) is 3.20. The lowest BCUT2D eigenvalue weighted by Crippen LogP contribution is -2.63. The molecule has 0 unspecified atom stereocenters. The second kappa shape index (κ2) is 8.37. The number of carbonyl (C=O) groups is 2. The number of carbonyl (C=O) groups excluding carboxylic acids is 2. The molecule has 1 aliphatic rings. The van der Waals surface area contributed by atoms with Gasteiger partial charge in [0.05, 0.1) is 17.6 Å². The van der Waals surface area contributed by atoms with E-state index in [1.54, 1.807) is 17.0 Å². The molecule has 0 fully saturated rings. The van der Waals surface area contributed by atoms with E-state index in [1.165, 1.54) is 0 Å². The lowest BCUT2D eigenvalue weighted by molar-refractivity contribution is -0.133. The molecule has 0 spiro atoms. The first-order valence-electron chi connectivity index (χ1n) is 10.8. The Bertz CT molecular complexity index is 1330. The Labute approximate surface area is 196 Å². The second-order valence-electron chi connectivity index (χ2n) is 8.47. The van der Waals surface area contributed by atoms with Crippen LogP contribution in [0, 0.1) is 0 Å². The fourth-order valence-electron chi connectivity index (χ4n) is 4.32. The lowest BCUT2D eigenvalue weighted by Gasteiger charge is -2.43. The van der Waals surface area contributed by atoms with E-state index in [1.807, 2.05) is 78.2 Å². The van der Waals surface area contributed by atoms with E-state index < -0.39 is 5.54 Å². The SMILES string of the molecule is C[C@@]1(C(=O)NCc2ccccc2)Cn2c(nc3ccccc32)C(=O)N1Cc1ccc(Cl)cc1. The molecule has 33 heavy (non-hydrogen) atoms. The van der Waals surface area contributed by atoms with Crippen molar-refractivity contribution in [3.05, 3.63) is 101 Å². The summed E-state index contributed by atoms with van der Waals surface area (Å²) in [5, 5.41) is 3.66. The van der Waals surface area contributed by atoms with Crippen molar-refractivity contribution in [2.24, 2.45) is 0 Å². The summed E-state index contributed by atoms with van der Waals surface area (Å²) in [6.45, 7) is 2.78. The van der Waals surface area contributed by atoms with Gasteiger partial charge in [0, 0.05) is 18.1 Å². The van der Waals surface area contributed by atoms with Gasteiger partial charge in [-0.15, -0.1) is 0 Å². The zero-order valence-electron chi connectivity index (χ0n) is 18.2. The molecule has 0 saturated carbocycles. The van der Waals surface area contributed by atoms with Crippen LogP contribution in [0.2, 0.25) is 5.02 Å². The lowest BCUT2D eigenvalue weighted by atomic mass is 9.94. The molecule has 0 radical (unpaired) electrons. The topological polar surface area (TPSA) is 67.2 Å². The fourth-order valence-corrected chi connectivity index (χ4v) is 4.44. The van der Waals surface area contributed by atoms with Crippen LogP contribution in [0.15, 0.2) is 78.9 Å². The van der Waals surface area contributed by atoms with Gasteiger partial charge in [-0.3, -0.25) is 9.59 Å². The number of hydrogen-bond donors (Lipinski definition) is 1. The highest BCUT2D eigenvalue weighted by Crippen LogP contribution is 2.32. The number of nitrogens with zero attached hydrogens (tertiary/aromatic N) is 3. The molecule has 7 heteroatoms. The Hall–Kier alpha value is -3.64. The molecule has 1 aromatic heterocycles. The van der Waals surface area contributed by atoms with Gasteiger partial charge in [-0.2, -0.15) is 0 Å². The maximum atomic E-state index is 13.7. The standard InChI is InChI=1S/C26H23ClN4O2/c1-26(25(33)28-15-18-7-3-2-4-8-18)17-30-22-10-6-5-9-21(22)29-23(30)24(32)31(26)16-19-11-13-20(27)14-12-19/h2-14H,15-17H2,1H3,(H,28,33)/t26-/m0/s1. The minimum absolute atomic E-state index is 0.211.